The number of fused-ring (bicyclic) bond motifs is 1. The topological polar surface area (TPSA) is 87.6 Å². The highest BCUT2D eigenvalue weighted by Gasteiger charge is 2.21. The minimum absolute atomic E-state index is 0.00715. The fourth-order valence-corrected chi connectivity index (χ4v) is 3.08. The van der Waals surface area contributed by atoms with Crippen LogP contribution in [0.5, 0.6) is 5.75 Å². The maximum absolute atomic E-state index is 12.9. The van der Waals surface area contributed by atoms with Crippen LogP contribution < -0.4 is 4.74 Å². The van der Waals surface area contributed by atoms with E-state index in [1.807, 2.05) is 0 Å². The number of hydrogen-bond acceptors (Lipinski definition) is 7. The molecule has 8 heteroatoms. The minimum atomic E-state index is -0.548. The second-order valence-electron chi connectivity index (χ2n) is 6.01. The molecule has 0 saturated heterocycles. The van der Waals surface area contributed by atoms with E-state index in [1.165, 1.54) is 13.4 Å². The smallest absolute Gasteiger partial charge is 0.339 e. The van der Waals surface area contributed by atoms with Gasteiger partial charge in [0.25, 0.3) is 5.71 Å². The molecule has 0 radical (unpaired) electrons. The number of benzene rings is 1. The van der Waals surface area contributed by atoms with E-state index < -0.39 is 5.97 Å². The highest BCUT2D eigenvalue weighted by molar-refractivity contribution is 6.30. The lowest BCUT2D eigenvalue weighted by atomic mass is 10.1. The third kappa shape index (κ3) is 3.32. The number of aryl methyl sites for hydroxylation is 1. The summed E-state index contributed by atoms with van der Waals surface area (Å²) in [6.45, 7) is 1.73. The highest BCUT2D eigenvalue weighted by atomic mass is 35.5. The summed E-state index contributed by atoms with van der Waals surface area (Å²) in [6, 6.07) is 10.2. The van der Waals surface area contributed by atoms with Gasteiger partial charge in [0.15, 0.2) is 5.76 Å². The van der Waals surface area contributed by atoms with Crippen molar-refractivity contribution < 1.29 is 23.2 Å². The third-order valence-corrected chi connectivity index (χ3v) is 4.45. The zero-order valence-corrected chi connectivity index (χ0v) is 15.8. The van der Waals surface area contributed by atoms with E-state index in [0.717, 1.165) is 0 Å². The summed E-state index contributed by atoms with van der Waals surface area (Å²) in [7, 11) is 1.54. The van der Waals surface area contributed by atoms with Gasteiger partial charge in [0.2, 0.25) is 0 Å². The molecule has 4 rings (SSSR count). The molecule has 0 atom stereocenters. The lowest BCUT2D eigenvalue weighted by Gasteiger charge is -2.10. The molecule has 0 amide bonds. The average Bonchev–Trinajstić information content (AvgIpc) is 3.36. The molecule has 0 unspecified atom stereocenters. The van der Waals surface area contributed by atoms with Crippen LogP contribution in [0.2, 0.25) is 5.02 Å². The number of methoxy groups -OCH3 is 1. The normalized spacial score (nSPS) is 11.0. The fourth-order valence-electron chi connectivity index (χ4n) is 2.89. The van der Waals surface area contributed by atoms with Crippen LogP contribution in [0.3, 0.4) is 0 Å². The lowest BCUT2D eigenvalue weighted by molar-refractivity contribution is 0.0472. The van der Waals surface area contributed by atoms with Gasteiger partial charge < -0.3 is 18.4 Å². The summed E-state index contributed by atoms with van der Waals surface area (Å²) >= 11 is 6.03. The van der Waals surface area contributed by atoms with Crippen molar-refractivity contribution in [1.29, 1.82) is 0 Å². The molecule has 1 aromatic carbocycles. The van der Waals surface area contributed by atoms with Crippen LogP contribution in [0.25, 0.3) is 22.6 Å². The molecule has 3 heterocycles. The number of carbonyl (C=O) groups excluding carboxylic acids is 1. The molecule has 0 aliphatic heterocycles. The number of ether oxygens (including phenoxy) is 2. The van der Waals surface area contributed by atoms with Crippen LogP contribution in [0, 0.1) is 6.92 Å². The van der Waals surface area contributed by atoms with E-state index in [0.29, 0.717) is 38.9 Å². The van der Waals surface area contributed by atoms with Gasteiger partial charge in [-0.2, -0.15) is 0 Å². The SMILES string of the molecule is COc1ccc(Cl)cc1COC(=O)c1cc(-c2ccco2)nc2onc(C)c12. The molecule has 0 saturated carbocycles. The van der Waals surface area contributed by atoms with E-state index in [4.69, 9.17) is 30.0 Å². The van der Waals surface area contributed by atoms with E-state index in [2.05, 4.69) is 10.1 Å². The van der Waals surface area contributed by atoms with Crippen LogP contribution in [0.4, 0.5) is 0 Å². The first kappa shape index (κ1) is 18.1. The van der Waals surface area contributed by atoms with Gasteiger partial charge >= 0.3 is 5.97 Å². The number of carbonyl (C=O) groups is 1. The zero-order chi connectivity index (χ0) is 19.7. The van der Waals surface area contributed by atoms with Crippen molar-refractivity contribution in [2.45, 2.75) is 13.5 Å². The van der Waals surface area contributed by atoms with Crippen molar-refractivity contribution in [2.24, 2.45) is 0 Å². The monoisotopic (exact) mass is 398 g/mol. The zero-order valence-electron chi connectivity index (χ0n) is 15.1. The predicted molar refractivity (Wildman–Crippen MR) is 101 cm³/mol. The summed E-state index contributed by atoms with van der Waals surface area (Å²) in [5.41, 5.74) is 2.17. The number of pyridine rings is 1. The van der Waals surface area contributed by atoms with Crippen molar-refractivity contribution in [3.63, 3.8) is 0 Å². The Morgan fingerprint density at radius 3 is 2.86 bits per heavy atom. The molecular weight excluding hydrogens is 384 g/mol. The summed E-state index contributed by atoms with van der Waals surface area (Å²) in [4.78, 5) is 17.2. The van der Waals surface area contributed by atoms with E-state index in [1.54, 1.807) is 43.3 Å². The molecule has 3 aromatic heterocycles. The van der Waals surface area contributed by atoms with Gasteiger partial charge in [-0.05, 0) is 43.3 Å². The van der Waals surface area contributed by atoms with Crippen LogP contribution in [-0.4, -0.2) is 23.2 Å². The number of nitrogens with zero attached hydrogens (tertiary/aromatic N) is 2. The van der Waals surface area contributed by atoms with E-state index >= 15 is 0 Å². The first-order valence-electron chi connectivity index (χ1n) is 8.37. The van der Waals surface area contributed by atoms with Crippen molar-refractivity contribution >= 4 is 28.7 Å². The number of aromatic nitrogens is 2. The van der Waals surface area contributed by atoms with Crippen molar-refractivity contribution in [1.82, 2.24) is 10.1 Å². The molecular formula is C20H15ClN2O5. The number of esters is 1. The molecule has 7 nitrogen and oxygen atoms in total. The Labute approximate surface area is 164 Å². The second-order valence-corrected chi connectivity index (χ2v) is 6.45. The standard InChI is InChI=1S/C20H15ClN2O5/c1-11-18-14(9-15(17-4-3-7-26-17)22-19(18)28-23-11)20(24)27-10-12-8-13(21)5-6-16(12)25-2/h3-9H,10H2,1-2H3. The van der Waals surface area contributed by atoms with Crippen LogP contribution in [-0.2, 0) is 11.3 Å². The van der Waals surface area contributed by atoms with Crippen LogP contribution >= 0.6 is 11.6 Å². The van der Waals surface area contributed by atoms with Crippen LogP contribution in [0.15, 0.2) is 51.6 Å². The number of rotatable bonds is 5. The van der Waals surface area contributed by atoms with Gasteiger partial charge in [-0.3, -0.25) is 0 Å². The molecule has 28 heavy (non-hydrogen) atoms. The summed E-state index contributed by atoms with van der Waals surface area (Å²) in [6.07, 6.45) is 1.52. The Morgan fingerprint density at radius 2 is 2.11 bits per heavy atom. The third-order valence-electron chi connectivity index (χ3n) is 4.21. The molecule has 0 bridgehead atoms. The van der Waals surface area contributed by atoms with Gasteiger partial charge in [0.1, 0.15) is 18.1 Å². The van der Waals surface area contributed by atoms with Gasteiger partial charge in [-0.1, -0.05) is 16.8 Å². The number of hydrogen-bond donors (Lipinski definition) is 0. The first-order valence-corrected chi connectivity index (χ1v) is 8.75. The van der Waals surface area contributed by atoms with Crippen molar-refractivity contribution in [3.8, 4) is 17.2 Å². The Morgan fingerprint density at radius 1 is 1.25 bits per heavy atom. The molecule has 0 fully saturated rings. The second kappa shape index (κ2) is 7.36. The maximum atomic E-state index is 12.9. The first-order chi connectivity index (χ1) is 13.6. The Bertz CT molecular complexity index is 1150. The average molecular weight is 399 g/mol. The minimum Gasteiger partial charge on any atom is -0.496 e. The van der Waals surface area contributed by atoms with Crippen LogP contribution in [0.1, 0.15) is 21.6 Å². The fraction of sp³-hybridized carbons (Fsp3) is 0.150. The molecule has 142 valence electrons. The summed E-state index contributed by atoms with van der Waals surface area (Å²) in [5.74, 6) is 0.532. The molecule has 0 spiro atoms. The molecule has 0 aliphatic carbocycles. The Balaban J connectivity index is 1.69. The highest BCUT2D eigenvalue weighted by Crippen LogP contribution is 2.29. The quantitative estimate of drug-likeness (QED) is 0.446. The molecule has 4 aromatic rings. The van der Waals surface area contributed by atoms with Gasteiger partial charge in [0, 0.05) is 10.6 Å². The van der Waals surface area contributed by atoms with Crippen molar-refractivity contribution in [3.05, 3.63) is 64.5 Å². The molecule has 0 aliphatic rings. The van der Waals surface area contributed by atoms with Crippen molar-refractivity contribution in [2.75, 3.05) is 7.11 Å². The summed E-state index contributed by atoms with van der Waals surface area (Å²) < 4.78 is 21.4. The lowest BCUT2D eigenvalue weighted by Crippen LogP contribution is -2.08. The Hall–Kier alpha value is -3.32. The van der Waals surface area contributed by atoms with E-state index in [-0.39, 0.29) is 17.9 Å². The van der Waals surface area contributed by atoms with Gasteiger partial charge in [-0.15, -0.1) is 0 Å². The van der Waals surface area contributed by atoms with E-state index in [9.17, 15) is 4.79 Å². The Kier molecular flexibility index (Phi) is 4.75. The number of furan rings is 1. The van der Waals surface area contributed by atoms with Gasteiger partial charge in [0.05, 0.1) is 30.0 Å². The predicted octanol–water partition coefficient (Wildman–Crippen LogP) is 4.81. The summed E-state index contributed by atoms with van der Waals surface area (Å²) in [5, 5.41) is 4.93. The largest absolute Gasteiger partial charge is 0.496 e. The number of halogens is 1. The van der Waals surface area contributed by atoms with Gasteiger partial charge in [-0.25, -0.2) is 9.78 Å². The molecule has 0 N–H and O–H groups in total. The maximum Gasteiger partial charge on any atom is 0.339 e.